The minimum absolute atomic E-state index is 0. The maximum Gasteiger partial charge on any atom is 2.00 e. The van der Waals surface area contributed by atoms with Gasteiger partial charge in [-0.05, 0) is 249 Å². The molecule has 0 N–H and O–H groups in total. The standard InChI is InChI=1S/C54H48Br6.C5H5.F6P.Fe/c55-43-19-1-37(2-20-43)13-31-49-50(32-14-38-3-21-44(56)22-4-38)52(34-16-40-7-25-46(58)26-8-40)54(36-18-42-11-29-48(60)30-12-42)53(35-17-41-9-27-47(59)28-10-41)51(49)33-15-39-5-23-45(57)24-6-39;1-2-4-5-3-1;1-7(2,3,4,5)6;/h1-12,19-30H,13-18,31-36H2;1-5H;;/q;;-1;+2. The van der Waals surface area contributed by atoms with E-state index in [-0.39, 0.29) is 17.1 Å². The molecule has 14 heteroatoms. The van der Waals surface area contributed by atoms with Gasteiger partial charge in [-0.25, -0.2) is 0 Å². The minimum Gasteiger partial charge on any atom is -0.0312 e. The van der Waals surface area contributed by atoms with Crippen molar-refractivity contribution in [3.05, 3.63) is 271 Å². The van der Waals surface area contributed by atoms with Gasteiger partial charge >= 0.3 is 50.1 Å². The van der Waals surface area contributed by atoms with Crippen LogP contribution in [0, 0.1) is 32.1 Å². The molecule has 0 aromatic heterocycles. The van der Waals surface area contributed by atoms with Gasteiger partial charge in [0.1, 0.15) is 0 Å². The van der Waals surface area contributed by atoms with Crippen LogP contribution in [0.3, 0.4) is 0 Å². The van der Waals surface area contributed by atoms with Gasteiger partial charge in [-0.15, -0.1) is 0 Å². The second kappa shape index (κ2) is 28.5. The zero-order valence-electron chi connectivity index (χ0n) is 39.6. The molecule has 0 heterocycles. The largest absolute Gasteiger partial charge is 2.00 e. The van der Waals surface area contributed by atoms with Gasteiger partial charge in [-0.3, -0.25) is 0 Å². The van der Waals surface area contributed by atoms with Crippen LogP contribution in [0.4, 0.5) is 25.2 Å². The number of hydrogen-bond donors (Lipinski definition) is 0. The predicted octanol–water partition coefficient (Wildman–Crippen LogP) is 21.4. The maximum absolute atomic E-state index is 10.7. The van der Waals surface area contributed by atoms with Crippen LogP contribution < -0.4 is 0 Å². The van der Waals surface area contributed by atoms with Gasteiger partial charge in [-0.2, -0.15) is 0 Å². The van der Waals surface area contributed by atoms with Crippen LogP contribution in [0.2, 0.25) is 0 Å². The van der Waals surface area contributed by atoms with E-state index in [1.807, 2.05) is 32.1 Å². The van der Waals surface area contributed by atoms with E-state index in [2.05, 4.69) is 241 Å². The third-order valence-corrected chi connectivity index (χ3v) is 15.4. The summed E-state index contributed by atoms with van der Waals surface area (Å²) in [6, 6.07) is 53.8. The van der Waals surface area contributed by atoms with Gasteiger partial charge in [0.2, 0.25) is 0 Å². The first-order chi connectivity index (χ1) is 34.1. The average Bonchev–Trinajstić information content (AvgIpc) is 3.94. The smallest absolute Gasteiger partial charge is 0.0312 e. The molecule has 7 aromatic rings. The van der Waals surface area contributed by atoms with Crippen LogP contribution in [-0.2, 0) is 94.1 Å². The molecule has 1 aliphatic carbocycles. The fourth-order valence-electron chi connectivity index (χ4n) is 8.75. The summed E-state index contributed by atoms with van der Waals surface area (Å²) in [6.45, 7) is 0. The maximum atomic E-state index is 9.87. The van der Waals surface area contributed by atoms with Crippen LogP contribution in [0.5, 0.6) is 0 Å². The molecule has 7 aromatic carbocycles. The van der Waals surface area contributed by atoms with Crippen LogP contribution in [-0.4, -0.2) is 0 Å². The fourth-order valence-corrected chi connectivity index (χ4v) is 10.3. The Kier molecular flexibility index (Phi) is 24.2. The van der Waals surface area contributed by atoms with Crippen molar-refractivity contribution in [2.45, 2.75) is 77.0 Å². The normalized spacial score (nSPS) is 13.2. The van der Waals surface area contributed by atoms with Crippen LogP contribution in [0.15, 0.2) is 172 Å². The Morgan fingerprint density at radius 3 is 0.438 bits per heavy atom. The number of hydrogen-bond acceptors (Lipinski definition) is 0. The Balaban J connectivity index is 0.000000673. The van der Waals surface area contributed by atoms with Gasteiger partial charge in [-0.1, -0.05) is 168 Å². The first-order valence-corrected chi connectivity index (χ1v) is 30.3. The summed E-state index contributed by atoms with van der Waals surface area (Å²) in [4.78, 5) is 0. The second-order valence-corrected chi connectivity index (χ2v) is 25.0. The molecule has 5 radical (unpaired) electrons. The molecule has 0 atom stereocenters. The van der Waals surface area contributed by atoms with Crippen LogP contribution in [0.25, 0.3) is 0 Å². The molecule has 0 nitrogen and oxygen atoms in total. The van der Waals surface area contributed by atoms with Crippen molar-refractivity contribution in [2.24, 2.45) is 0 Å². The molecule has 1 saturated carbocycles. The van der Waals surface area contributed by atoms with E-state index in [0.29, 0.717) is 0 Å². The zero-order valence-corrected chi connectivity index (χ0v) is 51.1. The number of benzene rings is 7. The summed E-state index contributed by atoms with van der Waals surface area (Å²) in [6.07, 6.45) is 22.1. The molecule has 0 aliphatic heterocycles. The van der Waals surface area contributed by atoms with Gasteiger partial charge in [0.05, 0.1) is 0 Å². The first-order valence-electron chi connectivity index (χ1n) is 23.5. The number of aryl methyl sites for hydroxylation is 6. The molecular weight excluding hydrogens is 1390 g/mol. The Hall–Kier alpha value is -2.05. The third kappa shape index (κ3) is 23.6. The molecule has 1 aliphatic rings. The monoisotopic (exact) mass is 1440 g/mol. The van der Waals surface area contributed by atoms with E-state index in [9.17, 15) is 25.2 Å². The van der Waals surface area contributed by atoms with E-state index in [0.717, 1.165) is 104 Å². The molecule has 73 heavy (non-hydrogen) atoms. The van der Waals surface area contributed by atoms with E-state index in [1.165, 1.54) is 33.4 Å². The predicted molar refractivity (Wildman–Crippen MR) is 311 cm³/mol. The quantitative estimate of drug-likeness (QED) is 0.0456. The number of halogens is 12. The van der Waals surface area contributed by atoms with Gasteiger partial charge in [0.15, 0.2) is 0 Å². The fraction of sp³-hybridized carbons (Fsp3) is 0.203. The van der Waals surface area contributed by atoms with E-state index in [1.54, 1.807) is 33.4 Å². The Morgan fingerprint density at radius 2 is 0.329 bits per heavy atom. The molecular formula is C59H53Br6F6FeP+. The first kappa shape index (κ1) is 61.8. The summed E-state index contributed by atoms with van der Waals surface area (Å²) in [5, 5.41) is 0. The van der Waals surface area contributed by atoms with Crippen molar-refractivity contribution in [1.29, 1.82) is 0 Å². The molecule has 0 amide bonds. The topological polar surface area (TPSA) is 0 Å². The Bertz CT molecular complexity index is 2300. The summed E-state index contributed by atoms with van der Waals surface area (Å²) in [7, 11) is -10.7. The molecule has 0 spiro atoms. The van der Waals surface area contributed by atoms with Gasteiger partial charge < -0.3 is 0 Å². The van der Waals surface area contributed by atoms with Crippen molar-refractivity contribution in [3.63, 3.8) is 0 Å². The van der Waals surface area contributed by atoms with Crippen molar-refractivity contribution in [1.82, 2.24) is 0 Å². The van der Waals surface area contributed by atoms with Gasteiger partial charge in [0, 0.05) is 26.8 Å². The summed E-state index contributed by atoms with van der Waals surface area (Å²) in [5.41, 5.74) is 17.7. The van der Waals surface area contributed by atoms with Crippen LogP contribution >= 0.6 is 103 Å². The molecule has 385 valence electrons. The zero-order chi connectivity index (χ0) is 51.8. The van der Waals surface area contributed by atoms with E-state index >= 15 is 0 Å². The summed E-state index contributed by atoms with van der Waals surface area (Å²) >= 11 is 22.1. The van der Waals surface area contributed by atoms with Crippen molar-refractivity contribution in [3.8, 4) is 0 Å². The van der Waals surface area contributed by atoms with Crippen molar-refractivity contribution < 1.29 is 42.3 Å². The van der Waals surface area contributed by atoms with E-state index < -0.39 is 7.81 Å². The molecule has 0 unspecified atom stereocenters. The Labute approximate surface area is 489 Å². The van der Waals surface area contributed by atoms with E-state index in [4.69, 9.17) is 0 Å². The summed E-state index contributed by atoms with van der Waals surface area (Å²) in [5.74, 6) is 0. The van der Waals surface area contributed by atoms with Crippen molar-refractivity contribution in [2.75, 3.05) is 0 Å². The third-order valence-electron chi connectivity index (χ3n) is 12.2. The molecule has 8 rings (SSSR count). The molecule has 0 bridgehead atoms. The molecule has 1 fully saturated rings. The summed E-state index contributed by atoms with van der Waals surface area (Å²) < 4.78 is 65.9. The Morgan fingerprint density at radius 1 is 0.219 bits per heavy atom. The average molecular weight is 1440 g/mol. The van der Waals surface area contributed by atoms with Gasteiger partial charge in [0.25, 0.3) is 0 Å². The van der Waals surface area contributed by atoms with Crippen LogP contribution in [0.1, 0.15) is 66.8 Å². The SMILES string of the molecule is Brc1ccc(CCc2c(CCc3ccc(Br)cc3)c(CCc3ccc(Br)cc3)c(CCc3ccc(Br)cc3)c(CCc3ccc(Br)cc3)c2CCc2ccc(Br)cc2)cc1.F[P-](F)(F)(F)(F)F.[CH]1[CH][CH][CH][CH]1.[Fe+2]. The number of rotatable bonds is 18. The van der Waals surface area contributed by atoms with Crippen molar-refractivity contribution >= 4 is 103 Å². The second-order valence-electron chi connectivity index (χ2n) is 17.6. The molecule has 0 saturated heterocycles. The minimum atomic E-state index is -10.7.